The zero-order valence-corrected chi connectivity index (χ0v) is 20.7. The third kappa shape index (κ3) is 6.96. The van der Waals surface area contributed by atoms with Crippen LogP contribution in [0.1, 0.15) is 30.9 Å². The first-order chi connectivity index (χ1) is 15.9. The second kappa shape index (κ2) is 12.1. The maximum Gasteiger partial charge on any atom is 0.305 e. The summed E-state index contributed by atoms with van der Waals surface area (Å²) in [4.78, 5) is 26.3. The van der Waals surface area contributed by atoms with Gasteiger partial charge in [-0.1, -0.05) is 53.8 Å². The van der Waals surface area contributed by atoms with E-state index in [9.17, 15) is 9.59 Å². The molecule has 1 amide bonds. The van der Waals surface area contributed by atoms with Crippen molar-refractivity contribution >= 4 is 57.9 Å². The fourth-order valence-electron chi connectivity index (χ4n) is 3.09. The summed E-state index contributed by atoms with van der Waals surface area (Å²) in [5.74, 6) is 0.707. The minimum absolute atomic E-state index is 0.170. The van der Waals surface area contributed by atoms with Gasteiger partial charge in [0, 0.05) is 18.0 Å². The summed E-state index contributed by atoms with van der Waals surface area (Å²) in [6, 6.07) is 12.9. The predicted molar refractivity (Wildman–Crippen MR) is 135 cm³/mol. The van der Waals surface area contributed by atoms with E-state index in [0.29, 0.717) is 51.9 Å². The monoisotopic (exact) mass is 505 g/mol. The lowest BCUT2D eigenvalue weighted by molar-refractivity contribution is -0.143. The Morgan fingerprint density at radius 2 is 1.94 bits per heavy atom. The molecule has 1 aliphatic rings. The molecule has 33 heavy (non-hydrogen) atoms. The molecule has 0 atom stereocenters. The molecule has 0 aromatic heterocycles. The first kappa shape index (κ1) is 25.1. The van der Waals surface area contributed by atoms with E-state index in [-0.39, 0.29) is 18.3 Å². The van der Waals surface area contributed by atoms with E-state index in [1.54, 1.807) is 26.2 Å². The molecule has 0 unspecified atom stereocenters. The molecular formula is C24H24ClNO5S2. The van der Waals surface area contributed by atoms with Crippen molar-refractivity contribution in [2.24, 2.45) is 0 Å². The molecule has 1 heterocycles. The highest BCUT2D eigenvalue weighted by atomic mass is 35.5. The van der Waals surface area contributed by atoms with E-state index in [2.05, 4.69) is 0 Å². The Bertz CT molecular complexity index is 1060. The number of benzene rings is 2. The molecule has 3 rings (SSSR count). The minimum atomic E-state index is -0.274. The minimum Gasteiger partial charge on any atom is -0.493 e. The number of nitrogens with zero attached hydrogens (tertiary/aromatic N) is 1. The molecule has 9 heteroatoms. The number of thioether (sulfide) groups is 1. The van der Waals surface area contributed by atoms with Crippen LogP contribution in [0.4, 0.5) is 0 Å². The van der Waals surface area contributed by atoms with Crippen LogP contribution >= 0.6 is 35.6 Å². The third-order valence-electron chi connectivity index (χ3n) is 4.73. The zero-order valence-electron chi connectivity index (χ0n) is 18.3. The number of methoxy groups -OCH3 is 1. The lowest BCUT2D eigenvalue weighted by Gasteiger charge is -2.13. The van der Waals surface area contributed by atoms with Crippen molar-refractivity contribution in [3.63, 3.8) is 0 Å². The highest BCUT2D eigenvalue weighted by Crippen LogP contribution is 2.35. The van der Waals surface area contributed by atoms with Crippen LogP contribution in [0.25, 0.3) is 6.08 Å². The largest absolute Gasteiger partial charge is 0.493 e. The van der Waals surface area contributed by atoms with Gasteiger partial charge < -0.3 is 14.2 Å². The quantitative estimate of drug-likeness (QED) is 0.241. The maximum atomic E-state index is 12.8. The van der Waals surface area contributed by atoms with E-state index in [1.165, 1.54) is 16.7 Å². The number of amides is 1. The summed E-state index contributed by atoms with van der Waals surface area (Å²) < 4.78 is 16.8. The average molecular weight is 506 g/mol. The Kier molecular flexibility index (Phi) is 9.17. The van der Waals surface area contributed by atoms with Crippen molar-refractivity contribution in [3.05, 3.63) is 63.5 Å². The van der Waals surface area contributed by atoms with Crippen molar-refractivity contribution in [2.75, 3.05) is 20.3 Å². The molecule has 0 N–H and O–H groups in total. The van der Waals surface area contributed by atoms with E-state index in [1.807, 2.05) is 36.4 Å². The normalized spacial score (nSPS) is 14.6. The van der Waals surface area contributed by atoms with Gasteiger partial charge in [-0.05, 0) is 54.8 Å². The van der Waals surface area contributed by atoms with Crippen molar-refractivity contribution in [1.82, 2.24) is 4.90 Å². The van der Waals surface area contributed by atoms with Crippen LogP contribution in [0.5, 0.6) is 11.5 Å². The van der Waals surface area contributed by atoms with Crippen LogP contribution < -0.4 is 9.47 Å². The summed E-state index contributed by atoms with van der Waals surface area (Å²) in [7, 11) is 1.57. The number of esters is 1. The second-order valence-electron chi connectivity index (χ2n) is 7.07. The van der Waals surface area contributed by atoms with Gasteiger partial charge in [-0.25, -0.2) is 0 Å². The molecule has 0 saturated carbocycles. The van der Waals surface area contributed by atoms with Crippen LogP contribution in [0.3, 0.4) is 0 Å². The zero-order chi connectivity index (χ0) is 23.8. The van der Waals surface area contributed by atoms with Gasteiger partial charge in [-0.3, -0.25) is 14.5 Å². The number of ether oxygens (including phenoxy) is 3. The summed E-state index contributed by atoms with van der Waals surface area (Å²) in [5.41, 5.74) is 1.77. The van der Waals surface area contributed by atoms with Crippen LogP contribution in [-0.4, -0.2) is 41.4 Å². The van der Waals surface area contributed by atoms with Gasteiger partial charge in [0.15, 0.2) is 11.5 Å². The molecule has 0 spiro atoms. The van der Waals surface area contributed by atoms with Crippen molar-refractivity contribution in [2.45, 2.75) is 26.4 Å². The first-order valence-electron chi connectivity index (χ1n) is 10.4. The molecule has 0 aliphatic carbocycles. The third-order valence-corrected chi connectivity index (χ3v) is 6.36. The standard InChI is InChI=1S/C24H24ClNO5S2/c1-3-30-22(27)5-4-12-26-23(28)21(33-24(26)32)14-17-8-11-19(20(13-17)29-2)31-15-16-6-9-18(25)10-7-16/h6-11,13-14H,3-5,12,15H2,1-2H3/b21-14-. The fourth-order valence-corrected chi connectivity index (χ4v) is 4.53. The Morgan fingerprint density at radius 1 is 1.18 bits per heavy atom. The van der Waals surface area contributed by atoms with Gasteiger partial charge in [-0.2, -0.15) is 0 Å². The van der Waals surface area contributed by atoms with Gasteiger partial charge >= 0.3 is 5.97 Å². The summed E-state index contributed by atoms with van der Waals surface area (Å²) in [6.45, 7) is 2.86. The number of halogens is 1. The van der Waals surface area contributed by atoms with E-state index >= 15 is 0 Å². The SMILES string of the molecule is CCOC(=O)CCCN1C(=O)/C(=C/c2ccc(OCc3ccc(Cl)cc3)c(OC)c2)SC1=S. The van der Waals surface area contributed by atoms with Gasteiger partial charge in [-0.15, -0.1) is 0 Å². The first-order valence-corrected chi connectivity index (χ1v) is 12.0. The molecule has 174 valence electrons. The molecule has 2 aromatic rings. The molecule has 0 radical (unpaired) electrons. The van der Waals surface area contributed by atoms with E-state index in [0.717, 1.165) is 11.1 Å². The number of carbonyl (C=O) groups is 2. The average Bonchev–Trinajstić information content (AvgIpc) is 3.06. The number of hydrogen-bond donors (Lipinski definition) is 0. The topological polar surface area (TPSA) is 65.1 Å². The highest BCUT2D eigenvalue weighted by molar-refractivity contribution is 8.26. The lowest BCUT2D eigenvalue weighted by atomic mass is 10.1. The Labute approximate surface area is 207 Å². The molecule has 1 fully saturated rings. The molecule has 6 nitrogen and oxygen atoms in total. The molecular weight excluding hydrogens is 482 g/mol. The number of thiocarbonyl (C=S) groups is 1. The second-order valence-corrected chi connectivity index (χ2v) is 9.18. The summed E-state index contributed by atoms with van der Waals surface area (Å²) >= 11 is 12.5. The van der Waals surface area contributed by atoms with Crippen LogP contribution in [0, 0.1) is 0 Å². The number of carbonyl (C=O) groups excluding carboxylic acids is 2. The van der Waals surface area contributed by atoms with Crippen molar-refractivity contribution in [3.8, 4) is 11.5 Å². The van der Waals surface area contributed by atoms with Crippen LogP contribution in [0.15, 0.2) is 47.4 Å². The summed E-state index contributed by atoms with van der Waals surface area (Å²) in [5, 5.41) is 0.671. The lowest BCUT2D eigenvalue weighted by Crippen LogP contribution is -2.29. The molecule has 2 aromatic carbocycles. The van der Waals surface area contributed by atoms with E-state index < -0.39 is 0 Å². The van der Waals surface area contributed by atoms with Crippen LogP contribution in [-0.2, 0) is 20.9 Å². The van der Waals surface area contributed by atoms with Crippen molar-refractivity contribution < 1.29 is 23.8 Å². The fraction of sp³-hybridized carbons (Fsp3) is 0.292. The number of hydrogen-bond acceptors (Lipinski definition) is 7. The van der Waals surface area contributed by atoms with Gasteiger partial charge in [0.1, 0.15) is 10.9 Å². The molecule has 0 bridgehead atoms. The number of rotatable bonds is 10. The summed E-state index contributed by atoms with van der Waals surface area (Å²) in [6.07, 6.45) is 2.51. The Hall–Kier alpha value is -2.55. The highest BCUT2D eigenvalue weighted by Gasteiger charge is 2.31. The molecule has 1 aliphatic heterocycles. The predicted octanol–water partition coefficient (Wildman–Crippen LogP) is 5.47. The van der Waals surface area contributed by atoms with E-state index in [4.69, 9.17) is 38.0 Å². The Morgan fingerprint density at radius 3 is 2.64 bits per heavy atom. The maximum absolute atomic E-state index is 12.8. The Balaban J connectivity index is 1.64. The van der Waals surface area contributed by atoms with Crippen LogP contribution in [0.2, 0.25) is 5.02 Å². The van der Waals surface area contributed by atoms with Gasteiger partial charge in [0.2, 0.25) is 0 Å². The molecule has 1 saturated heterocycles. The van der Waals surface area contributed by atoms with Crippen molar-refractivity contribution in [1.29, 1.82) is 0 Å². The van der Waals surface area contributed by atoms with Gasteiger partial charge in [0.25, 0.3) is 5.91 Å². The smallest absolute Gasteiger partial charge is 0.305 e. The van der Waals surface area contributed by atoms with Gasteiger partial charge in [0.05, 0.1) is 18.6 Å².